The van der Waals surface area contributed by atoms with Gasteiger partial charge in [0.25, 0.3) is 0 Å². The van der Waals surface area contributed by atoms with Crippen molar-refractivity contribution in [2.45, 2.75) is 13.3 Å². The Labute approximate surface area is 101 Å². The van der Waals surface area contributed by atoms with Crippen molar-refractivity contribution < 1.29 is 14.7 Å². The number of carboxylic acid groups (broad SMARTS) is 1. The third-order valence-electron chi connectivity index (χ3n) is 1.77. The lowest BCUT2D eigenvalue weighted by molar-refractivity contribution is -0.139. The maximum Gasteiger partial charge on any atom is 0.312 e. The van der Waals surface area contributed by atoms with Crippen LogP contribution in [0.3, 0.4) is 0 Å². The van der Waals surface area contributed by atoms with E-state index in [0.717, 1.165) is 9.13 Å². The molecule has 0 aliphatic heterocycles. The fourth-order valence-electron chi connectivity index (χ4n) is 1.10. The van der Waals surface area contributed by atoms with E-state index >= 15 is 0 Å². The largest absolute Gasteiger partial charge is 0.481 e. The summed E-state index contributed by atoms with van der Waals surface area (Å²) in [6.07, 6.45) is -0.509. The summed E-state index contributed by atoms with van der Waals surface area (Å²) in [4.78, 5) is 21.4. The molecule has 0 heterocycles. The van der Waals surface area contributed by atoms with Crippen LogP contribution < -0.4 is 5.32 Å². The Bertz CT molecular complexity index is 404. The molecule has 0 saturated carbocycles. The number of carbonyl (C=O) groups excluding carboxylic acids is 1. The van der Waals surface area contributed by atoms with Crippen molar-refractivity contribution in [2.24, 2.45) is 0 Å². The van der Waals surface area contributed by atoms with Gasteiger partial charge >= 0.3 is 5.97 Å². The molecule has 0 bridgehead atoms. The monoisotopic (exact) mass is 319 g/mol. The van der Waals surface area contributed by atoms with Crippen LogP contribution in [0.2, 0.25) is 0 Å². The molecular weight excluding hydrogens is 309 g/mol. The van der Waals surface area contributed by atoms with Crippen molar-refractivity contribution in [3.05, 3.63) is 27.3 Å². The summed E-state index contributed by atoms with van der Waals surface area (Å²) in [5.74, 6) is -1.64. The highest BCUT2D eigenvalue weighted by molar-refractivity contribution is 14.1. The second-order valence-electron chi connectivity index (χ2n) is 3.08. The van der Waals surface area contributed by atoms with Gasteiger partial charge in [-0.25, -0.2) is 0 Å². The summed E-state index contributed by atoms with van der Waals surface area (Å²) in [7, 11) is 0. The minimum Gasteiger partial charge on any atom is -0.481 e. The molecule has 15 heavy (non-hydrogen) atoms. The Kier molecular flexibility index (Phi) is 4.07. The Morgan fingerprint density at radius 3 is 2.67 bits per heavy atom. The molecule has 1 rings (SSSR count). The van der Waals surface area contributed by atoms with Gasteiger partial charge < -0.3 is 10.4 Å². The van der Waals surface area contributed by atoms with Gasteiger partial charge in [0.05, 0.1) is 0 Å². The Morgan fingerprint density at radius 2 is 2.13 bits per heavy atom. The molecule has 1 amide bonds. The van der Waals surface area contributed by atoms with Gasteiger partial charge in [0.1, 0.15) is 6.42 Å². The van der Waals surface area contributed by atoms with Crippen LogP contribution in [0.25, 0.3) is 0 Å². The zero-order valence-corrected chi connectivity index (χ0v) is 10.2. The van der Waals surface area contributed by atoms with Crippen molar-refractivity contribution in [2.75, 3.05) is 5.32 Å². The summed E-state index contributed by atoms with van der Waals surface area (Å²) < 4.78 is 1.07. The average Bonchev–Trinajstić information content (AvgIpc) is 2.08. The molecule has 0 atom stereocenters. The SMILES string of the molecule is Cc1cc(I)ccc1NC(=O)CC(=O)O. The van der Waals surface area contributed by atoms with Crippen LogP contribution in [0, 0.1) is 10.5 Å². The van der Waals surface area contributed by atoms with Crippen LogP contribution in [0.4, 0.5) is 5.69 Å². The summed E-state index contributed by atoms with van der Waals surface area (Å²) in [6.45, 7) is 1.86. The molecule has 1 aromatic rings. The lowest BCUT2D eigenvalue weighted by atomic mass is 10.2. The van der Waals surface area contributed by atoms with Gasteiger partial charge in [-0.05, 0) is 53.3 Å². The van der Waals surface area contributed by atoms with Crippen molar-refractivity contribution in [1.29, 1.82) is 0 Å². The normalized spacial score (nSPS) is 9.73. The number of hydrogen-bond acceptors (Lipinski definition) is 2. The highest BCUT2D eigenvalue weighted by Crippen LogP contribution is 2.17. The van der Waals surface area contributed by atoms with E-state index in [1.807, 2.05) is 19.1 Å². The number of nitrogens with one attached hydrogen (secondary N) is 1. The van der Waals surface area contributed by atoms with Gasteiger partial charge in [-0.3, -0.25) is 9.59 Å². The van der Waals surface area contributed by atoms with Gasteiger partial charge in [0.2, 0.25) is 5.91 Å². The average molecular weight is 319 g/mol. The molecule has 5 heteroatoms. The van der Waals surface area contributed by atoms with E-state index in [-0.39, 0.29) is 0 Å². The van der Waals surface area contributed by atoms with E-state index in [0.29, 0.717) is 5.69 Å². The van der Waals surface area contributed by atoms with Crippen LogP contribution in [0.1, 0.15) is 12.0 Å². The first-order valence-electron chi connectivity index (χ1n) is 4.27. The molecule has 0 aliphatic rings. The van der Waals surface area contributed by atoms with Crippen LogP contribution >= 0.6 is 22.6 Å². The minimum absolute atomic E-state index is 0.508. The standard InChI is InChI=1S/C10H10INO3/c1-6-4-7(11)2-3-8(6)12-9(13)5-10(14)15/h2-4H,5H2,1H3,(H,12,13)(H,14,15). The zero-order chi connectivity index (χ0) is 11.4. The Morgan fingerprint density at radius 1 is 1.47 bits per heavy atom. The van der Waals surface area contributed by atoms with Gasteiger partial charge in [-0.15, -0.1) is 0 Å². The second kappa shape index (κ2) is 5.11. The number of aryl methyl sites for hydroxylation is 1. The summed E-state index contributed by atoms with van der Waals surface area (Å²) in [5, 5.41) is 11.0. The van der Waals surface area contributed by atoms with Gasteiger partial charge in [0, 0.05) is 9.26 Å². The summed E-state index contributed by atoms with van der Waals surface area (Å²) >= 11 is 2.17. The van der Waals surface area contributed by atoms with Crippen molar-refractivity contribution in [3.63, 3.8) is 0 Å². The number of aliphatic carboxylic acids is 1. The van der Waals surface area contributed by atoms with E-state index in [1.54, 1.807) is 6.07 Å². The van der Waals surface area contributed by atoms with Crippen LogP contribution in [0.5, 0.6) is 0 Å². The van der Waals surface area contributed by atoms with Crippen LogP contribution in [-0.2, 0) is 9.59 Å². The van der Waals surface area contributed by atoms with Crippen molar-refractivity contribution >= 4 is 40.2 Å². The number of carbonyl (C=O) groups is 2. The van der Waals surface area contributed by atoms with Crippen molar-refractivity contribution in [3.8, 4) is 0 Å². The molecule has 0 unspecified atom stereocenters. The number of rotatable bonds is 3. The molecule has 0 radical (unpaired) electrons. The van der Waals surface area contributed by atoms with Crippen LogP contribution in [0.15, 0.2) is 18.2 Å². The lowest BCUT2D eigenvalue weighted by Crippen LogP contribution is -2.16. The fourth-order valence-corrected chi connectivity index (χ4v) is 1.75. The Hall–Kier alpha value is -1.11. The Balaban J connectivity index is 2.72. The molecule has 4 nitrogen and oxygen atoms in total. The third-order valence-corrected chi connectivity index (χ3v) is 2.45. The maximum atomic E-state index is 11.2. The number of anilines is 1. The van der Waals surface area contributed by atoms with Crippen molar-refractivity contribution in [1.82, 2.24) is 0 Å². The quantitative estimate of drug-likeness (QED) is 0.662. The molecule has 0 saturated heterocycles. The number of halogens is 1. The number of amides is 1. The van der Waals surface area contributed by atoms with Gasteiger partial charge in [0.15, 0.2) is 0 Å². The lowest BCUT2D eigenvalue weighted by Gasteiger charge is -2.07. The number of hydrogen-bond donors (Lipinski definition) is 2. The highest BCUT2D eigenvalue weighted by atomic mass is 127. The molecule has 0 aliphatic carbocycles. The van der Waals surface area contributed by atoms with E-state index in [2.05, 4.69) is 27.9 Å². The van der Waals surface area contributed by atoms with Gasteiger partial charge in [-0.2, -0.15) is 0 Å². The molecule has 80 valence electrons. The molecule has 0 fully saturated rings. The van der Waals surface area contributed by atoms with Gasteiger partial charge in [-0.1, -0.05) is 0 Å². The summed E-state index contributed by atoms with van der Waals surface area (Å²) in [6, 6.07) is 5.53. The van der Waals surface area contributed by atoms with E-state index in [9.17, 15) is 9.59 Å². The molecule has 2 N–H and O–H groups in total. The second-order valence-corrected chi connectivity index (χ2v) is 4.32. The predicted molar refractivity (Wildman–Crippen MR) is 64.8 cm³/mol. The van der Waals surface area contributed by atoms with E-state index in [1.165, 1.54) is 0 Å². The molecular formula is C10H10INO3. The first-order chi connectivity index (χ1) is 6.99. The maximum absolute atomic E-state index is 11.2. The molecule has 0 spiro atoms. The fraction of sp³-hybridized carbons (Fsp3) is 0.200. The van der Waals surface area contributed by atoms with E-state index in [4.69, 9.17) is 5.11 Å². The predicted octanol–water partition coefficient (Wildman–Crippen LogP) is 2.01. The topological polar surface area (TPSA) is 66.4 Å². The first-order valence-corrected chi connectivity index (χ1v) is 5.34. The smallest absolute Gasteiger partial charge is 0.312 e. The zero-order valence-electron chi connectivity index (χ0n) is 8.08. The number of benzene rings is 1. The minimum atomic E-state index is -1.13. The third kappa shape index (κ3) is 3.86. The van der Waals surface area contributed by atoms with Crippen LogP contribution in [-0.4, -0.2) is 17.0 Å². The highest BCUT2D eigenvalue weighted by Gasteiger charge is 2.08. The van der Waals surface area contributed by atoms with E-state index < -0.39 is 18.3 Å². The first kappa shape index (κ1) is 12.0. The molecule has 0 aromatic heterocycles. The summed E-state index contributed by atoms with van der Waals surface area (Å²) in [5.41, 5.74) is 1.57. The number of carboxylic acids is 1. The molecule has 1 aromatic carbocycles.